The molecule has 1 aromatic rings. The third-order valence-corrected chi connectivity index (χ3v) is 2.06. The number of halogens is 1. The predicted molar refractivity (Wildman–Crippen MR) is 56.2 cm³/mol. The molecule has 94 valence electrons. The van der Waals surface area contributed by atoms with E-state index in [9.17, 15) is 19.4 Å². The van der Waals surface area contributed by atoms with Crippen molar-refractivity contribution < 1.29 is 24.1 Å². The van der Waals surface area contributed by atoms with E-state index < -0.39 is 24.0 Å². The van der Waals surface area contributed by atoms with Gasteiger partial charge in [0, 0.05) is 5.56 Å². The number of nitrogens with two attached hydrogens (primary N) is 1. The van der Waals surface area contributed by atoms with Crippen LogP contribution in [-0.2, 0) is 9.53 Å². The Morgan fingerprint density at radius 3 is 2.88 bits per heavy atom. The lowest BCUT2D eigenvalue weighted by molar-refractivity contribution is -0.159. The van der Waals surface area contributed by atoms with Crippen molar-refractivity contribution in [2.24, 2.45) is 0 Å². The maximum absolute atomic E-state index is 12.9. The quantitative estimate of drug-likeness (QED) is 0.631. The number of esters is 1. The van der Waals surface area contributed by atoms with Gasteiger partial charge in [-0.15, -0.1) is 0 Å². The molecule has 1 aromatic heterocycles. The zero-order chi connectivity index (χ0) is 13.0. The fourth-order valence-electron chi connectivity index (χ4n) is 1.23. The molecule has 0 saturated carbocycles. The summed E-state index contributed by atoms with van der Waals surface area (Å²) in [6, 6.07) is 0.898. The largest absolute Gasteiger partial charge is 0.464 e. The van der Waals surface area contributed by atoms with E-state index >= 15 is 0 Å². The van der Waals surface area contributed by atoms with Gasteiger partial charge in [-0.25, -0.2) is 14.2 Å². The van der Waals surface area contributed by atoms with E-state index in [1.54, 1.807) is 6.92 Å². The number of aromatic nitrogens is 1. The molecule has 2 unspecified atom stereocenters. The van der Waals surface area contributed by atoms with Gasteiger partial charge in [0.15, 0.2) is 6.10 Å². The normalized spacial score (nSPS) is 14.1. The molecule has 0 amide bonds. The molecule has 0 spiro atoms. The molecule has 0 aliphatic rings. The summed E-state index contributed by atoms with van der Waals surface area (Å²) in [7, 11) is 0. The fourth-order valence-corrected chi connectivity index (χ4v) is 1.23. The van der Waals surface area contributed by atoms with Crippen molar-refractivity contribution in [3.63, 3.8) is 0 Å². The lowest BCUT2D eigenvalue weighted by Gasteiger charge is -2.17. The zero-order valence-corrected chi connectivity index (χ0v) is 9.13. The van der Waals surface area contributed by atoms with E-state index in [1.807, 2.05) is 0 Å². The molecule has 0 aliphatic heterocycles. The number of hydrogen-bond acceptors (Lipinski definition) is 6. The lowest BCUT2D eigenvalue weighted by atomic mass is 10.1. The average molecular weight is 244 g/mol. The maximum atomic E-state index is 12.9. The molecule has 4 N–H and O–H groups in total. The van der Waals surface area contributed by atoms with Gasteiger partial charge in [-0.2, -0.15) is 0 Å². The topological polar surface area (TPSA) is 106 Å². The fraction of sp³-hybridized carbons (Fsp3) is 0.400. The molecular formula is C10H13FN2O4. The Kier molecular flexibility index (Phi) is 4.36. The Morgan fingerprint density at radius 1 is 1.65 bits per heavy atom. The summed E-state index contributed by atoms with van der Waals surface area (Å²) in [5.74, 6) is -1.91. The van der Waals surface area contributed by atoms with Gasteiger partial charge in [0.1, 0.15) is 17.7 Å². The Hall–Kier alpha value is -1.73. The van der Waals surface area contributed by atoms with Crippen LogP contribution in [0.3, 0.4) is 0 Å². The molecule has 17 heavy (non-hydrogen) atoms. The summed E-state index contributed by atoms with van der Waals surface area (Å²) in [6.45, 7) is 1.61. The van der Waals surface area contributed by atoms with Crippen LogP contribution in [0.15, 0.2) is 12.3 Å². The average Bonchev–Trinajstić information content (AvgIpc) is 2.30. The van der Waals surface area contributed by atoms with Crippen molar-refractivity contribution >= 4 is 11.8 Å². The first-order valence-electron chi connectivity index (χ1n) is 4.91. The van der Waals surface area contributed by atoms with Gasteiger partial charge in [-0.05, 0) is 13.0 Å². The highest BCUT2D eigenvalue weighted by atomic mass is 19.1. The third kappa shape index (κ3) is 3.11. The monoisotopic (exact) mass is 244 g/mol. The Morgan fingerprint density at radius 2 is 2.29 bits per heavy atom. The number of anilines is 1. The molecule has 0 aliphatic carbocycles. The number of ether oxygens (including phenoxy) is 1. The third-order valence-electron chi connectivity index (χ3n) is 2.06. The number of pyridine rings is 1. The minimum Gasteiger partial charge on any atom is -0.464 e. The minimum atomic E-state index is -1.83. The molecule has 0 radical (unpaired) electrons. The SMILES string of the molecule is CCOC(=O)C(O)C(O)c1cc(F)cnc1N. The Bertz CT molecular complexity index is 413. The van der Waals surface area contributed by atoms with E-state index in [2.05, 4.69) is 9.72 Å². The van der Waals surface area contributed by atoms with Crippen molar-refractivity contribution in [3.05, 3.63) is 23.6 Å². The summed E-state index contributed by atoms with van der Waals surface area (Å²) in [5, 5.41) is 19.1. The molecule has 2 atom stereocenters. The van der Waals surface area contributed by atoms with Crippen LogP contribution in [-0.4, -0.2) is 33.9 Å². The molecule has 1 heterocycles. The summed E-state index contributed by atoms with van der Waals surface area (Å²) in [5.41, 5.74) is 5.24. The molecule has 7 heteroatoms. The van der Waals surface area contributed by atoms with Gasteiger partial charge < -0.3 is 20.7 Å². The zero-order valence-electron chi connectivity index (χ0n) is 9.13. The highest BCUT2D eigenvalue weighted by Crippen LogP contribution is 2.22. The van der Waals surface area contributed by atoms with Crippen molar-refractivity contribution in [1.82, 2.24) is 4.98 Å². The van der Waals surface area contributed by atoms with E-state index in [0.29, 0.717) is 0 Å². The first-order valence-corrected chi connectivity index (χ1v) is 4.91. The van der Waals surface area contributed by atoms with Crippen molar-refractivity contribution in [3.8, 4) is 0 Å². The van der Waals surface area contributed by atoms with Crippen LogP contribution in [0.2, 0.25) is 0 Å². The van der Waals surface area contributed by atoms with Gasteiger partial charge in [0.2, 0.25) is 0 Å². The van der Waals surface area contributed by atoms with Crippen LogP contribution in [0.25, 0.3) is 0 Å². The molecule has 0 aromatic carbocycles. The van der Waals surface area contributed by atoms with Crippen LogP contribution >= 0.6 is 0 Å². The van der Waals surface area contributed by atoms with Gasteiger partial charge >= 0.3 is 5.97 Å². The van der Waals surface area contributed by atoms with Crippen molar-refractivity contribution in [2.45, 2.75) is 19.1 Å². The smallest absolute Gasteiger partial charge is 0.338 e. The van der Waals surface area contributed by atoms with Crippen LogP contribution < -0.4 is 5.73 Å². The first kappa shape index (κ1) is 13.3. The summed E-state index contributed by atoms with van der Waals surface area (Å²) < 4.78 is 17.4. The van der Waals surface area contributed by atoms with Crippen LogP contribution in [0.1, 0.15) is 18.6 Å². The number of nitrogen functional groups attached to an aromatic ring is 1. The lowest BCUT2D eigenvalue weighted by Crippen LogP contribution is -2.30. The van der Waals surface area contributed by atoms with E-state index in [-0.39, 0.29) is 18.0 Å². The summed E-state index contributed by atoms with van der Waals surface area (Å²) >= 11 is 0. The highest BCUT2D eigenvalue weighted by molar-refractivity contribution is 5.75. The maximum Gasteiger partial charge on any atom is 0.338 e. The second-order valence-electron chi connectivity index (χ2n) is 3.27. The molecular weight excluding hydrogens is 231 g/mol. The van der Waals surface area contributed by atoms with Crippen LogP contribution in [0.4, 0.5) is 10.2 Å². The van der Waals surface area contributed by atoms with Gasteiger partial charge in [-0.1, -0.05) is 0 Å². The highest BCUT2D eigenvalue weighted by Gasteiger charge is 2.29. The number of carbonyl (C=O) groups excluding carboxylic acids is 1. The number of hydrogen-bond donors (Lipinski definition) is 3. The summed E-state index contributed by atoms with van der Waals surface area (Å²) in [4.78, 5) is 14.6. The number of aliphatic hydroxyl groups is 2. The second kappa shape index (κ2) is 5.55. The molecule has 0 fully saturated rings. The number of carbonyl (C=O) groups is 1. The number of aliphatic hydroxyl groups excluding tert-OH is 2. The van der Waals surface area contributed by atoms with Crippen molar-refractivity contribution in [2.75, 3.05) is 12.3 Å². The standard InChI is InChI=1S/C10H13FN2O4/c1-2-17-10(16)8(15)7(14)6-3-5(11)4-13-9(6)12/h3-4,7-8,14-15H,2H2,1H3,(H2,12,13). The molecule has 0 bridgehead atoms. The molecule has 0 saturated heterocycles. The van der Waals surface area contributed by atoms with Gasteiger partial charge in [0.05, 0.1) is 12.8 Å². The predicted octanol–water partition coefficient (Wildman–Crippen LogP) is -0.240. The summed E-state index contributed by atoms with van der Waals surface area (Å²) in [6.07, 6.45) is -2.65. The van der Waals surface area contributed by atoms with Gasteiger partial charge in [0.25, 0.3) is 0 Å². The molecule has 6 nitrogen and oxygen atoms in total. The van der Waals surface area contributed by atoms with Crippen LogP contribution in [0.5, 0.6) is 0 Å². The number of nitrogens with zero attached hydrogens (tertiary/aromatic N) is 1. The van der Waals surface area contributed by atoms with Gasteiger partial charge in [-0.3, -0.25) is 0 Å². The van der Waals surface area contributed by atoms with E-state index in [1.165, 1.54) is 0 Å². The molecule has 1 rings (SSSR count). The number of rotatable bonds is 4. The van der Waals surface area contributed by atoms with E-state index in [0.717, 1.165) is 12.3 Å². The van der Waals surface area contributed by atoms with Crippen molar-refractivity contribution in [1.29, 1.82) is 0 Å². The second-order valence-corrected chi connectivity index (χ2v) is 3.27. The Balaban J connectivity index is 2.91. The van der Waals surface area contributed by atoms with Crippen LogP contribution in [0, 0.1) is 5.82 Å². The minimum absolute atomic E-state index is 0.0551. The van der Waals surface area contributed by atoms with E-state index in [4.69, 9.17) is 5.73 Å². The first-order chi connectivity index (χ1) is 7.97. The Labute approximate surface area is 96.8 Å².